The summed E-state index contributed by atoms with van der Waals surface area (Å²) in [6.45, 7) is -0.936. The molecule has 1 atom stereocenters. The fourth-order valence-electron chi connectivity index (χ4n) is 1.31. The number of carbonyl (C=O) groups is 1. The molecule has 3 N–H and O–H groups in total. The van der Waals surface area contributed by atoms with Gasteiger partial charge in [-0.2, -0.15) is 13.2 Å². The van der Waals surface area contributed by atoms with Gasteiger partial charge in [0.1, 0.15) is 0 Å². The zero-order chi connectivity index (χ0) is 13.2. The van der Waals surface area contributed by atoms with Crippen LogP contribution in [0, 0.1) is 0 Å². The molecule has 1 aromatic rings. The van der Waals surface area contributed by atoms with Gasteiger partial charge in [0.05, 0.1) is 30.4 Å². The molecule has 1 rings (SSSR count). The van der Waals surface area contributed by atoms with Gasteiger partial charge < -0.3 is 19.9 Å². The first kappa shape index (κ1) is 13.5. The van der Waals surface area contributed by atoms with Crippen molar-refractivity contribution in [3.05, 3.63) is 23.5 Å². The Kier molecular flexibility index (Phi) is 3.79. The van der Waals surface area contributed by atoms with Crippen molar-refractivity contribution in [1.82, 2.24) is 4.57 Å². The van der Waals surface area contributed by atoms with E-state index in [1.807, 2.05) is 0 Å². The SMILES string of the molecule is O=C(O)c1cn(CC(O)CO)cc1C(F)(F)F. The van der Waals surface area contributed by atoms with Crippen LogP contribution >= 0.6 is 0 Å². The van der Waals surface area contributed by atoms with Crippen LogP contribution in [0.2, 0.25) is 0 Å². The highest BCUT2D eigenvalue weighted by atomic mass is 19.4. The number of aromatic carboxylic acids is 1. The topological polar surface area (TPSA) is 82.7 Å². The second kappa shape index (κ2) is 4.76. The fraction of sp³-hybridized carbons (Fsp3) is 0.444. The minimum absolute atomic E-state index is 0.313. The molecule has 0 spiro atoms. The Balaban J connectivity index is 3.09. The lowest BCUT2D eigenvalue weighted by Crippen LogP contribution is -2.18. The van der Waals surface area contributed by atoms with Crippen LogP contribution < -0.4 is 0 Å². The standard InChI is InChI=1S/C9H10F3NO4/c10-9(11,12)7-3-13(1-5(15)4-14)2-6(7)8(16)17/h2-3,5,14-15H,1,4H2,(H,16,17). The Labute approximate surface area is 93.7 Å². The van der Waals surface area contributed by atoms with Crippen molar-refractivity contribution in [3.63, 3.8) is 0 Å². The summed E-state index contributed by atoms with van der Waals surface area (Å²) in [6, 6.07) is 0. The molecule has 0 aliphatic rings. The second-order valence-corrected chi connectivity index (χ2v) is 3.42. The van der Waals surface area contributed by atoms with E-state index in [9.17, 15) is 18.0 Å². The molecule has 0 radical (unpaired) electrons. The molecular weight excluding hydrogens is 243 g/mol. The average molecular weight is 253 g/mol. The van der Waals surface area contributed by atoms with Crippen LogP contribution in [0.5, 0.6) is 0 Å². The minimum Gasteiger partial charge on any atom is -0.478 e. The highest BCUT2D eigenvalue weighted by molar-refractivity contribution is 5.89. The molecule has 0 aliphatic heterocycles. The Morgan fingerprint density at radius 1 is 1.41 bits per heavy atom. The van der Waals surface area contributed by atoms with Gasteiger partial charge >= 0.3 is 12.1 Å². The first-order chi connectivity index (χ1) is 7.75. The van der Waals surface area contributed by atoms with Crippen LogP contribution in [0.15, 0.2) is 12.4 Å². The van der Waals surface area contributed by atoms with Crippen molar-refractivity contribution in [2.45, 2.75) is 18.8 Å². The third-order valence-electron chi connectivity index (χ3n) is 2.05. The molecule has 17 heavy (non-hydrogen) atoms. The number of hydrogen-bond donors (Lipinski definition) is 3. The number of rotatable bonds is 4. The van der Waals surface area contributed by atoms with E-state index in [0.29, 0.717) is 6.20 Å². The van der Waals surface area contributed by atoms with Crippen molar-refractivity contribution < 1.29 is 33.3 Å². The number of nitrogens with zero attached hydrogens (tertiary/aromatic N) is 1. The Morgan fingerprint density at radius 2 is 2.00 bits per heavy atom. The normalized spacial score (nSPS) is 13.7. The molecule has 0 bridgehead atoms. The third-order valence-corrected chi connectivity index (χ3v) is 2.05. The molecule has 1 heterocycles. The second-order valence-electron chi connectivity index (χ2n) is 3.42. The number of aromatic nitrogens is 1. The third kappa shape index (κ3) is 3.21. The smallest absolute Gasteiger partial charge is 0.418 e. The molecule has 1 aromatic heterocycles. The van der Waals surface area contributed by atoms with Gasteiger partial charge in [-0.05, 0) is 0 Å². The summed E-state index contributed by atoms with van der Waals surface area (Å²) in [4.78, 5) is 10.6. The number of aliphatic hydroxyl groups is 2. The van der Waals surface area contributed by atoms with Gasteiger partial charge in [0.15, 0.2) is 0 Å². The van der Waals surface area contributed by atoms with Crippen molar-refractivity contribution in [2.75, 3.05) is 6.61 Å². The summed E-state index contributed by atoms with van der Waals surface area (Å²) in [5.41, 5.74) is -2.17. The number of halogens is 3. The van der Waals surface area contributed by atoms with E-state index in [4.69, 9.17) is 15.3 Å². The van der Waals surface area contributed by atoms with Crippen molar-refractivity contribution in [2.24, 2.45) is 0 Å². The fourth-order valence-corrected chi connectivity index (χ4v) is 1.31. The summed E-state index contributed by atoms with van der Waals surface area (Å²) in [6.07, 6.45) is -4.67. The zero-order valence-corrected chi connectivity index (χ0v) is 8.48. The summed E-state index contributed by atoms with van der Waals surface area (Å²) in [5, 5.41) is 26.2. The Morgan fingerprint density at radius 3 is 2.35 bits per heavy atom. The maximum atomic E-state index is 12.5. The molecule has 0 saturated carbocycles. The number of aliphatic hydroxyl groups excluding tert-OH is 2. The van der Waals surface area contributed by atoms with Gasteiger partial charge in [0, 0.05) is 12.4 Å². The summed E-state index contributed by atoms with van der Waals surface area (Å²) >= 11 is 0. The number of hydrogen-bond acceptors (Lipinski definition) is 3. The average Bonchev–Trinajstić information content (AvgIpc) is 2.61. The van der Waals surface area contributed by atoms with Gasteiger partial charge in [0.2, 0.25) is 0 Å². The van der Waals surface area contributed by atoms with Crippen LogP contribution in [0.4, 0.5) is 13.2 Å². The Hall–Kier alpha value is -1.54. The molecule has 0 amide bonds. The first-order valence-corrected chi connectivity index (χ1v) is 4.55. The monoisotopic (exact) mass is 253 g/mol. The van der Waals surface area contributed by atoms with E-state index >= 15 is 0 Å². The lowest BCUT2D eigenvalue weighted by atomic mass is 10.2. The van der Waals surface area contributed by atoms with E-state index in [1.54, 1.807) is 0 Å². The summed E-state index contributed by atoms with van der Waals surface area (Å²) < 4.78 is 38.2. The molecule has 5 nitrogen and oxygen atoms in total. The quantitative estimate of drug-likeness (QED) is 0.732. The van der Waals surface area contributed by atoms with E-state index in [1.165, 1.54) is 0 Å². The molecule has 1 unspecified atom stereocenters. The summed E-state index contributed by atoms with van der Waals surface area (Å²) in [7, 11) is 0. The highest BCUT2D eigenvalue weighted by Crippen LogP contribution is 2.32. The Bertz CT molecular complexity index is 413. The van der Waals surface area contributed by atoms with E-state index in [2.05, 4.69) is 0 Å². The van der Waals surface area contributed by atoms with Crippen molar-refractivity contribution in [1.29, 1.82) is 0 Å². The lowest BCUT2D eigenvalue weighted by Gasteiger charge is -2.07. The van der Waals surface area contributed by atoms with E-state index in [-0.39, 0.29) is 6.54 Å². The number of carboxylic acids is 1. The maximum absolute atomic E-state index is 12.5. The molecule has 8 heteroatoms. The largest absolute Gasteiger partial charge is 0.478 e. The first-order valence-electron chi connectivity index (χ1n) is 4.55. The maximum Gasteiger partial charge on any atom is 0.418 e. The zero-order valence-electron chi connectivity index (χ0n) is 8.48. The van der Waals surface area contributed by atoms with Gasteiger partial charge in [-0.15, -0.1) is 0 Å². The van der Waals surface area contributed by atoms with E-state index < -0.39 is 36.0 Å². The lowest BCUT2D eigenvalue weighted by molar-refractivity contribution is -0.138. The highest BCUT2D eigenvalue weighted by Gasteiger charge is 2.37. The molecule has 0 fully saturated rings. The molecular formula is C9H10F3NO4. The van der Waals surface area contributed by atoms with Crippen LogP contribution in [0.1, 0.15) is 15.9 Å². The van der Waals surface area contributed by atoms with E-state index in [0.717, 1.165) is 10.8 Å². The molecule has 0 aliphatic carbocycles. The van der Waals surface area contributed by atoms with Crippen LogP contribution in [-0.4, -0.2) is 38.6 Å². The van der Waals surface area contributed by atoms with Crippen LogP contribution in [0.25, 0.3) is 0 Å². The van der Waals surface area contributed by atoms with Crippen LogP contribution in [0.3, 0.4) is 0 Å². The minimum atomic E-state index is -4.77. The van der Waals surface area contributed by atoms with Gasteiger partial charge in [-0.1, -0.05) is 0 Å². The molecule has 0 aromatic carbocycles. The van der Waals surface area contributed by atoms with Crippen molar-refractivity contribution >= 4 is 5.97 Å². The predicted molar refractivity (Wildman–Crippen MR) is 49.5 cm³/mol. The molecule has 96 valence electrons. The van der Waals surface area contributed by atoms with Gasteiger partial charge in [-0.25, -0.2) is 4.79 Å². The molecule has 0 saturated heterocycles. The summed E-state index contributed by atoms with van der Waals surface area (Å²) in [5.74, 6) is -1.70. The van der Waals surface area contributed by atoms with Gasteiger partial charge in [-0.3, -0.25) is 0 Å². The number of carboxylic acid groups (broad SMARTS) is 1. The predicted octanol–water partition coefficient (Wildman–Crippen LogP) is 0.558. The van der Waals surface area contributed by atoms with Crippen LogP contribution in [-0.2, 0) is 12.7 Å². The van der Waals surface area contributed by atoms with Crippen molar-refractivity contribution in [3.8, 4) is 0 Å². The van der Waals surface area contributed by atoms with Gasteiger partial charge in [0.25, 0.3) is 0 Å². The number of alkyl halides is 3.